The molecular weight excluding hydrogens is 202 g/mol. The maximum atomic E-state index is 11.0. The van der Waals surface area contributed by atoms with Gasteiger partial charge < -0.3 is 4.74 Å². The van der Waals surface area contributed by atoms with E-state index in [1.165, 1.54) is 7.11 Å². The lowest BCUT2D eigenvalue weighted by atomic mass is 10.1. The van der Waals surface area contributed by atoms with Crippen molar-refractivity contribution in [3.05, 3.63) is 34.3 Å². The summed E-state index contributed by atoms with van der Waals surface area (Å²) in [6, 6.07) is 6.78. The number of esters is 1. The third-order valence-corrected chi connectivity index (χ3v) is 1.99. The van der Waals surface area contributed by atoms with Gasteiger partial charge in [0.1, 0.15) is 0 Å². The number of carbonyl (C=O) groups excluding carboxylic acids is 1. The Kier molecular flexibility index (Phi) is 3.49. The molecule has 4 heteroatoms. The number of methoxy groups -OCH3 is 1. The first-order valence-electron chi connectivity index (χ1n) is 3.92. The van der Waals surface area contributed by atoms with Crippen molar-refractivity contribution >= 4 is 17.6 Å². The van der Waals surface area contributed by atoms with Gasteiger partial charge in [-0.2, -0.15) is 5.26 Å². The van der Waals surface area contributed by atoms with E-state index < -0.39 is 0 Å². The van der Waals surface area contributed by atoms with Gasteiger partial charge in [-0.25, -0.2) is 0 Å². The van der Waals surface area contributed by atoms with Gasteiger partial charge in [0.15, 0.2) is 0 Å². The molecule has 0 unspecified atom stereocenters. The number of rotatable bonds is 2. The molecule has 1 aromatic rings. The Morgan fingerprint density at radius 3 is 2.93 bits per heavy atom. The molecular formula is C10H8ClNO2. The zero-order valence-electron chi connectivity index (χ0n) is 7.58. The van der Waals surface area contributed by atoms with Crippen LogP contribution in [0.25, 0.3) is 0 Å². The van der Waals surface area contributed by atoms with E-state index in [0.29, 0.717) is 16.1 Å². The second-order valence-electron chi connectivity index (χ2n) is 2.67. The number of hydrogen-bond acceptors (Lipinski definition) is 3. The van der Waals surface area contributed by atoms with Crippen molar-refractivity contribution in [3.8, 4) is 6.07 Å². The first-order chi connectivity index (χ1) is 6.67. The first-order valence-corrected chi connectivity index (χ1v) is 4.30. The number of ether oxygens (including phenoxy) is 1. The van der Waals surface area contributed by atoms with Crippen molar-refractivity contribution in [2.45, 2.75) is 6.42 Å². The van der Waals surface area contributed by atoms with Crippen LogP contribution in [0.5, 0.6) is 0 Å². The second-order valence-corrected chi connectivity index (χ2v) is 3.10. The average molecular weight is 210 g/mol. The molecule has 3 nitrogen and oxygen atoms in total. The molecule has 0 aliphatic carbocycles. The Morgan fingerprint density at radius 1 is 1.64 bits per heavy atom. The molecule has 0 aliphatic rings. The molecule has 72 valence electrons. The normalized spacial score (nSPS) is 9.21. The summed E-state index contributed by atoms with van der Waals surface area (Å²) >= 11 is 5.74. The lowest BCUT2D eigenvalue weighted by Gasteiger charge is -2.02. The summed E-state index contributed by atoms with van der Waals surface area (Å²) in [4.78, 5) is 11.0. The summed E-state index contributed by atoms with van der Waals surface area (Å²) in [7, 11) is 1.30. The SMILES string of the molecule is COC(=O)Cc1cc(Cl)ccc1C#N. The molecule has 0 amide bonds. The molecule has 0 radical (unpaired) electrons. The van der Waals surface area contributed by atoms with Gasteiger partial charge in [-0.15, -0.1) is 0 Å². The van der Waals surface area contributed by atoms with Crippen LogP contribution >= 0.6 is 11.6 Å². The van der Waals surface area contributed by atoms with E-state index in [4.69, 9.17) is 16.9 Å². The lowest BCUT2D eigenvalue weighted by Crippen LogP contribution is -2.05. The van der Waals surface area contributed by atoms with E-state index >= 15 is 0 Å². The smallest absolute Gasteiger partial charge is 0.310 e. The number of carbonyl (C=O) groups is 1. The van der Waals surface area contributed by atoms with Crippen LogP contribution in [0.1, 0.15) is 11.1 Å². The summed E-state index contributed by atoms with van der Waals surface area (Å²) in [5, 5.41) is 9.25. The van der Waals surface area contributed by atoms with Crippen LogP contribution in [0, 0.1) is 11.3 Å². The fourth-order valence-electron chi connectivity index (χ4n) is 1.05. The average Bonchev–Trinajstić information content (AvgIpc) is 2.18. The molecule has 1 rings (SSSR count). The summed E-state index contributed by atoms with van der Waals surface area (Å²) in [5.74, 6) is -0.385. The molecule has 0 saturated heterocycles. The van der Waals surface area contributed by atoms with Gasteiger partial charge >= 0.3 is 5.97 Å². The Bertz CT molecular complexity index is 396. The highest BCUT2D eigenvalue weighted by Gasteiger charge is 2.08. The van der Waals surface area contributed by atoms with E-state index in [-0.39, 0.29) is 12.4 Å². The van der Waals surface area contributed by atoms with Crippen LogP contribution in [0.3, 0.4) is 0 Å². The monoisotopic (exact) mass is 209 g/mol. The summed E-state index contributed by atoms with van der Waals surface area (Å²) in [6.07, 6.45) is 0.0694. The van der Waals surface area contributed by atoms with Gasteiger partial charge in [0.2, 0.25) is 0 Å². The minimum absolute atomic E-state index is 0.0694. The van der Waals surface area contributed by atoms with E-state index in [2.05, 4.69) is 4.74 Å². The Hall–Kier alpha value is -1.53. The van der Waals surface area contributed by atoms with Gasteiger partial charge in [-0.05, 0) is 23.8 Å². The minimum atomic E-state index is -0.385. The highest BCUT2D eigenvalue weighted by Crippen LogP contribution is 2.16. The fourth-order valence-corrected chi connectivity index (χ4v) is 1.24. The highest BCUT2D eigenvalue weighted by molar-refractivity contribution is 6.30. The van der Waals surface area contributed by atoms with Crippen molar-refractivity contribution in [2.75, 3.05) is 7.11 Å². The van der Waals surface area contributed by atoms with Crippen LogP contribution in [-0.4, -0.2) is 13.1 Å². The Labute approximate surface area is 86.9 Å². The second kappa shape index (κ2) is 4.64. The molecule has 0 aromatic heterocycles. The summed E-state index contributed by atoms with van der Waals surface area (Å²) in [6.45, 7) is 0. The van der Waals surface area contributed by atoms with E-state index in [0.717, 1.165) is 0 Å². The molecule has 1 aromatic carbocycles. The number of benzene rings is 1. The number of nitriles is 1. The van der Waals surface area contributed by atoms with Crippen molar-refractivity contribution < 1.29 is 9.53 Å². The quantitative estimate of drug-likeness (QED) is 0.700. The minimum Gasteiger partial charge on any atom is -0.469 e. The van der Waals surface area contributed by atoms with Crippen LogP contribution in [-0.2, 0) is 16.0 Å². The van der Waals surface area contributed by atoms with Crippen LogP contribution in [0.15, 0.2) is 18.2 Å². The largest absolute Gasteiger partial charge is 0.469 e. The van der Waals surface area contributed by atoms with Gasteiger partial charge in [0, 0.05) is 5.02 Å². The van der Waals surface area contributed by atoms with Crippen LogP contribution in [0.2, 0.25) is 5.02 Å². The maximum absolute atomic E-state index is 11.0. The van der Waals surface area contributed by atoms with E-state index in [1.807, 2.05) is 6.07 Å². The van der Waals surface area contributed by atoms with E-state index in [1.54, 1.807) is 18.2 Å². The number of halogens is 1. The van der Waals surface area contributed by atoms with E-state index in [9.17, 15) is 4.79 Å². The van der Waals surface area contributed by atoms with Crippen LogP contribution < -0.4 is 0 Å². The maximum Gasteiger partial charge on any atom is 0.310 e. The summed E-state index contributed by atoms with van der Waals surface area (Å²) in [5.41, 5.74) is 1.03. The third-order valence-electron chi connectivity index (χ3n) is 1.75. The van der Waals surface area contributed by atoms with Gasteiger partial charge in [0.25, 0.3) is 0 Å². The van der Waals surface area contributed by atoms with Crippen LogP contribution in [0.4, 0.5) is 0 Å². The summed E-state index contributed by atoms with van der Waals surface area (Å²) < 4.78 is 4.50. The Morgan fingerprint density at radius 2 is 2.36 bits per heavy atom. The van der Waals surface area contributed by atoms with Crippen molar-refractivity contribution in [1.82, 2.24) is 0 Å². The van der Waals surface area contributed by atoms with Gasteiger partial charge in [-0.1, -0.05) is 11.6 Å². The predicted octanol–water partition coefficient (Wildman–Crippen LogP) is 1.93. The molecule has 0 fully saturated rings. The molecule has 0 aliphatic heterocycles. The van der Waals surface area contributed by atoms with Crippen molar-refractivity contribution in [2.24, 2.45) is 0 Å². The molecule has 14 heavy (non-hydrogen) atoms. The first kappa shape index (κ1) is 10.6. The number of nitrogens with zero attached hydrogens (tertiary/aromatic N) is 1. The zero-order chi connectivity index (χ0) is 10.6. The predicted molar refractivity (Wildman–Crippen MR) is 51.9 cm³/mol. The molecule has 0 spiro atoms. The lowest BCUT2D eigenvalue weighted by molar-refractivity contribution is -0.139. The Balaban J connectivity index is 3.00. The number of hydrogen-bond donors (Lipinski definition) is 0. The molecule has 0 saturated carbocycles. The fraction of sp³-hybridized carbons (Fsp3) is 0.200. The van der Waals surface area contributed by atoms with Gasteiger partial charge in [0.05, 0.1) is 25.2 Å². The standard InChI is InChI=1S/C10H8ClNO2/c1-14-10(13)5-8-4-9(11)3-2-7(8)6-12/h2-4H,5H2,1H3. The molecule has 0 N–H and O–H groups in total. The third kappa shape index (κ3) is 2.48. The molecule has 0 atom stereocenters. The molecule has 0 bridgehead atoms. The van der Waals surface area contributed by atoms with Crippen molar-refractivity contribution in [3.63, 3.8) is 0 Å². The zero-order valence-corrected chi connectivity index (χ0v) is 8.34. The van der Waals surface area contributed by atoms with Crippen molar-refractivity contribution in [1.29, 1.82) is 5.26 Å². The van der Waals surface area contributed by atoms with Gasteiger partial charge in [-0.3, -0.25) is 4.79 Å². The molecule has 0 heterocycles. The highest BCUT2D eigenvalue weighted by atomic mass is 35.5. The topological polar surface area (TPSA) is 50.1 Å².